The van der Waals surface area contributed by atoms with E-state index >= 15 is 0 Å². The molecule has 2 aliphatic rings. The predicted molar refractivity (Wildman–Crippen MR) is 71.2 cm³/mol. The lowest BCUT2D eigenvalue weighted by Crippen LogP contribution is -2.53. The van der Waals surface area contributed by atoms with E-state index in [4.69, 9.17) is 0 Å². The summed E-state index contributed by atoms with van der Waals surface area (Å²) in [5.41, 5.74) is -0.610. The number of carbonyl (C=O) groups is 2. The second-order valence-electron chi connectivity index (χ2n) is 6.25. The van der Waals surface area contributed by atoms with E-state index in [-0.39, 0.29) is 23.8 Å². The van der Waals surface area contributed by atoms with Crippen molar-refractivity contribution in [1.82, 2.24) is 4.90 Å². The highest BCUT2D eigenvalue weighted by molar-refractivity contribution is 8.00. The van der Waals surface area contributed by atoms with Gasteiger partial charge in [-0.1, -0.05) is 13.8 Å². The Balaban J connectivity index is 2.00. The highest BCUT2D eigenvalue weighted by atomic mass is 32.2. The predicted octanol–water partition coefficient (Wildman–Crippen LogP) is 1.42. The molecule has 102 valence electrons. The van der Waals surface area contributed by atoms with Crippen LogP contribution < -0.4 is 0 Å². The molecule has 0 aromatic rings. The summed E-state index contributed by atoms with van der Waals surface area (Å²) in [6, 6.07) is 0. The topological polar surface area (TPSA) is 57.6 Å². The van der Waals surface area contributed by atoms with Crippen molar-refractivity contribution in [2.75, 3.05) is 18.1 Å². The van der Waals surface area contributed by atoms with E-state index in [2.05, 4.69) is 13.8 Å². The van der Waals surface area contributed by atoms with Crippen LogP contribution in [-0.2, 0) is 9.59 Å². The molecular formula is C13H21NO3S. The van der Waals surface area contributed by atoms with Crippen molar-refractivity contribution in [3.8, 4) is 0 Å². The molecule has 1 heterocycles. The molecule has 0 unspecified atom stereocenters. The van der Waals surface area contributed by atoms with Gasteiger partial charge < -0.3 is 5.11 Å². The summed E-state index contributed by atoms with van der Waals surface area (Å²) < 4.78 is 0. The number of hydrogen-bond donors (Lipinski definition) is 1. The smallest absolute Gasteiger partial charge is 0.239 e. The number of carbonyl (C=O) groups excluding carboxylic acids is 2. The van der Waals surface area contributed by atoms with Crippen LogP contribution in [0.2, 0.25) is 0 Å². The zero-order valence-corrected chi connectivity index (χ0v) is 11.9. The lowest BCUT2D eigenvalue weighted by Gasteiger charge is -2.42. The van der Waals surface area contributed by atoms with Gasteiger partial charge in [-0.3, -0.25) is 14.5 Å². The first-order valence-corrected chi connectivity index (χ1v) is 7.60. The molecule has 1 saturated heterocycles. The second kappa shape index (κ2) is 4.85. The average Bonchev–Trinajstić information content (AvgIpc) is 2.29. The Morgan fingerprint density at radius 2 is 1.61 bits per heavy atom. The van der Waals surface area contributed by atoms with Gasteiger partial charge in [-0.05, 0) is 31.1 Å². The van der Waals surface area contributed by atoms with Crippen LogP contribution >= 0.6 is 11.8 Å². The van der Waals surface area contributed by atoms with Crippen LogP contribution in [0.4, 0.5) is 0 Å². The zero-order chi connectivity index (χ0) is 13.4. The largest absolute Gasteiger partial charge is 0.388 e. The van der Waals surface area contributed by atoms with Crippen molar-refractivity contribution in [3.05, 3.63) is 0 Å². The minimum Gasteiger partial charge on any atom is -0.388 e. The van der Waals surface area contributed by atoms with E-state index in [0.29, 0.717) is 24.3 Å². The van der Waals surface area contributed by atoms with Gasteiger partial charge in [-0.25, -0.2) is 0 Å². The molecule has 18 heavy (non-hydrogen) atoms. The Hall–Kier alpha value is -0.550. The molecule has 0 aromatic carbocycles. The van der Waals surface area contributed by atoms with Gasteiger partial charge in [0, 0.05) is 0 Å². The van der Waals surface area contributed by atoms with Gasteiger partial charge in [-0.15, -0.1) is 11.8 Å². The Bertz CT molecular complexity index is 341. The maximum absolute atomic E-state index is 11.7. The zero-order valence-electron chi connectivity index (χ0n) is 11.1. The van der Waals surface area contributed by atoms with Gasteiger partial charge in [0.2, 0.25) is 11.8 Å². The fraction of sp³-hybridized carbons (Fsp3) is 0.846. The van der Waals surface area contributed by atoms with Crippen molar-refractivity contribution in [2.24, 2.45) is 5.41 Å². The van der Waals surface area contributed by atoms with E-state index < -0.39 is 5.60 Å². The number of hydrogen-bond acceptors (Lipinski definition) is 4. The number of thioether (sulfide) groups is 1. The van der Waals surface area contributed by atoms with Crippen molar-refractivity contribution >= 4 is 23.6 Å². The van der Waals surface area contributed by atoms with Crippen LogP contribution in [-0.4, -0.2) is 45.5 Å². The molecule has 0 spiro atoms. The van der Waals surface area contributed by atoms with Crippen molar-refractivity contribution in [1.29, 1.82) is 0 Å². The molecule has 1 aliphatic heterocycles. The monoisotopic (exact) mass is 271 g/mol. The third-order valence-electron chi connectivity index (χ3n) is 4.04. The molecule has 1 N–H and O–H groups in total. The molecule has 2 amide bonds. The molecule has 5 heteroatoms. The van der Waals surface area contributed by atoms with Gasteiger partial charge in [0.05, 0.1) is 23.7 Å². The molecule has 0 bridgehead atoms. The average molecular weight is 271 g/mol. The summed E-state index contributed by atoms with van der Waals surface area (Å²) in [4.78, 5) is 24.7. The fourth-order valence-corrected chi connectivity index (χ4v) is 3.30. The first kappa shape index (κ1) is 13.9. The minimum atomic E-state index is -0.872. The Morgan fingerprint density at radius 1 is 1.11 bits per heavy atom. The molecule has 0 aromatic heterocycles. The summed E-state index contributed by atoms with van der Waals surface area (Å²) in [6.45, 7) is 4.57. The van der Waals surface area contributed by atoms with Crippen LogP contribution in [0.3, 0.4) is 0 Å². The van der Waals surface area contributed by atoms with Crippen LogP contribution in [0.25, 0.3) is 0 Å². The molecule has 2 rings (SSSR count). The Morgan fingerprint density at radius 3 is 2.11 bits per heavy atom. The highest BCUT2D eigenvalue weighted by Crippen LogP contribution is 2.40. The van der Waals surface area contributed by atoms with E-state index in [0.717, 1.165) is 12.8 Å². The van der Waals surface area contributed by atoms with Crippen LogP contribution in [0.15, 0.2) is 0 Å². The van der Waals surface area contributed by atoms with Gasteiger partial charge >= 0.3 is 0 Å². The summed E-state index contributed by atoms with van der Waals surface area (Å²) in [5, 5.41) is 10.5. The maximum atomic E-state index is 11.7. The van der Waals surface area contributed by atoms with Crippen molar-refractivity contribution in [2.45, 2.75) is 45.1 Å². The summed E-state index contributed by atoms with van der Waals surface area (Å²) >= 11 is 1.35. The maximum Gasteiger partial charge on any atom is 0.239 e. The lowest BCUT2D eigenvalue weighted by molar-refractivity contribution is -0.148. The number of imide groups is 1. The molecule has 1 saturated carbocycles. The van der Waals surface area contributed by atoms with Crippen LogP contribution in [0, 0.1) is 5.41 Å². The van der Waals surface area contributed by atoms with Gasteiger partial charge in [-0.2, -0.15) is 0 Å². The van der Waals surface area contributed by atoms with E-state index in [9.17, 15) is 14.7 Å². The number of rotatable bonds is 2. The molecule has 0 radical (unpaired) electrons. The number of nitrogens with zero attached hydrogens (tertiary/aromatic N) is 1. The van der Waals surface area contributed by atoms with Crippen molar-refractivity contribution < 1.29 is 14.7 Å². The molecular weight excluding hydrogens is 250 g/mol. The van der Waals surface area contributed by atoms with E-state index in [1.807, 2.05) is 0 Å². The first-order chi connectivity index (χ1) is 8.31. The lowest BCUT2D eigenvalue weighted by atomic mass is 9.71. The normalized spacial score (nSPS) is 27.4. The number of aliphatic hydroxyl groups is 1. The minimum absolute atomic E-state index is 0.158. The SMILES string of the molecule is CC1(C)CCC(O)(CN2C(=O)CSCC2=O)CC1. The first-order valence-electron chi connectivity index (χ1n) is 6.45. The van der Waals surface area contributed by atoms with Gasteiger partial charge in [0.15, 0.2) is 0 Å². The van der Waals surface area contributed by atoms with E-state index in [1.54, 1.807) is 0 Å². The third-order valence-corrected chi connectivity index (χ3v) is 4.94. The number of β-amino-alcohol motifs (C(OH)–C–C–N with tert-alkyl or cyclic N) is 1. The molecule has 4 nitrogen and oxygen atoms in total. The van der Waals surface area contributed by atoms with E-state index in [1.165, 1.54) is 16.7 Å². The Kier molecular flexibility index (Phi) is 3.74. The van der Waals surface area contributed by atoms with Crippen molar-refractivity contribution in [3.63, 3.8) is 0 Å². The van der Waals surface area contributed by atoms with Gasteiger partial charge in [0.1, 0.15) is 0 Å². The standard InChI is InChI=1S/C13H21NO3S/c1-12(2)3-5-13(17,6-4-12)9-14-10(15)7-18-8-11(14)16/h17H,3-9H2,1-2H3. The highest BCUT2D eigenvalue weighted by Gasteiger charge is 2.40. The molecule has 2 fully saturated rings. The van der Waals surface area contributed by atoms with Gasteiger partial charge in [0.25, 0.3) is 0 Å². The Labute approximate surface area is 112 Å². The summed E-state index contributed by atoms with van der Waals surface area (Å²) in [6.07, 6.45) is 3.22. The molecule has 1 aliphatic carbocycles. The van der Waals surface area contributed by atoms with Crippen LogP contribution in [0.1, 0.15) is 39.5 Å². The van der Waals surface area contributed by atoms with Crippen LogP contribution in [0.5, 0.6) is 0 Å². The summed E-state index contributed by atoms with van der Waals surface area (Å²) in [7, 11) is 0. The molecule has 0 atom stereocenters. The summed E-state index contributed by atoms with van der Waals surface area (Å²) in [5.74, 6) is 0.393. The fourth-order valence-electron chi connectivity index (χ4n) is 2.54. The quantitative estimate of drug-likeness (QED) is 0.772. The second-order valence-corrected chi connectivity index (χ2v) is 7.24. The third kappa shape index (κ3) is 3.06. The number of amides is 2.